The summed E-state index contributed by atoms with van der Waals surface area (Å²) in [6.07, 6.45) is 2.80. The molecule has 0 amide bonds. The van der Waals surface area contributed by atoms with Crippen LogP contribution in [0.25, 0.3) is 0 Å². The van der Waals surface area contributed by atoms with Crippen LogP contribution >= 0.6 is 0 Å². The normalized spacial score (nSPS) is 15.4. The monoisotopic (exact) mass is 335 g/mol. The van der Waals surface area contributed by atoms with Crippen molar-refractivity contribution in [2.75, 3.05) is 58.0 Å². The van der Waals surface area contributed by atoms with Gasteiger partial charge in [0.25, 0.3) is 0 Å². The van der Waals surface area contributed by atoms with Crippen LogP contribution in [-0.4, -0.2) is 64.1 Å². The quantitative estimate of drug-likeness (QED) is 0.420. The lowest BCUT2D eigenvalue weighted by Gasteiger charge is -2.29. The highest BCUT2D eigenvalue weighted by Crippen LogP contribution is 2.18. The molecule has 0 unspecified atom stereocenters. The molecule has 2 heterocycles. The number of hydrogen-bond donors (Lipinski definition) is 2. The van der Waals surface area contributed by atoms with Crippen molar-refractivity contribution in [3.05, 3.63) is 23.9 Å². The van der Waals surface area contributed by atoms with Crippen molar-refractivity contribution in [1.82, 2.24) is 15.6 Å². The largest absolute Gasteiger partial charge is 0.382 e. The maximum absolute atomic E-state index is 5.42. The molecule has 1 aliphatic heterocycles. The van der Waals surface area contributed by atoms with E-state index in [-0.39, 0.29) is 0 Å². The van der Waals surface area contributed by atoms with Gasteiger partial charge in [-0.1, -0.05) is 6.07 Å². The van der Waals surface area contributed by atoms with E-state index in [0.29, 0.717) is 6.54 Å². The Labute approximate surface area is 144 Å². The number of anilines is 1. The van der Waals surface area contributed by atoms with Crippen molar-refractivity contribution in [2.45, 2.75) is 19.9 Å². The van der Waals surface area contributed by atoms with Crippen LogP contribution < -0.4 is 15.5 Å². The van der Waals surface area contributed by atoms with Crippen molar-refractivity contribution in [3.63, 3.8) is 0 Å². The summed E-state index contributed by atoms with van der Waals surface area (Å²) in [6.45, 7) is 8.34. The topological polar surface area (TPSA) is 71.0 Å². The third kappa shape index (κ3) is 5.98. The highest BCUT2D eigenvalue weighted by atomic mass is 16.5. The minimum atomic E-state index is 0.686. The predicted octanol–water partition coefficient (Wildman–Crippen LogP) is 1.01. The second kappa shape index (κ2) is 10.8. The van der Waals surface area contributed by atoms with Crippen LogP contribution in [-0.2, 0) is 16.0 Å². The van der Waals surface area contributed by atoms with E-state index >= 15 is 0 Å². The van der Waals surface area contributed by atoms with E-state index in [9.17, 15) is 0 Å². The lowest BCUT2D eigenvalue weighted by molar-refractivity contribution is 0.122. The van der Waals surface area contributed by atoms with E-state index in [2.05, 4.69) is 31.6 Å². The average Bonchev–Trinajstić information content (AvgIpc) is 2.65. The minimum Gasteiger partial charge on any atom is -0.382 e. The number of ether oxygens (including phenoxy) is 2. The van der Waals surface area contributed by atoms with Crippen molar-refractivity contribution in [3.8, 4) is 0 Å². The molecule has 0 aromatic carbocycles. The molecule has 1 aliphatic rings. The van der Waals surface area contributed by atoms with Crippen LogP contribution in [0, 0.1) is 0 Å². The third-order valence-corrected chi connectivity index (χ3v) is 3.81. The van der Waals surface area contributed by atoms with E-state index in [4.69, 9.17) is 9.47 Å². The molecule has 1 aromatic heterocycles. The van der Waals surface area contributed by atoms with Crippen LogP contribution in [0.5, 0.6) is 0 Å². The Morgan fingerprint density at radius 2 is 2.21 bits per heavy atom. The highest BCUT2D eigenvalue weighted by Gasteiger charge is 2.15. The number of nitrogens with zero attached hydrogens (tertiary/aromatic N) is 3. The molecular weight excluding hydrogens is 306 g/mol. The van der Waals surface area contributed by atoms with Gasteiger partial charge in [0.15, 0.2) is 5.96 Å². The van der Waals surface area contributed by atoms with Crippen molar-refractivity contribution in [2.24, 2.45) is 4.99 Å². The molecule has 0 saturated carbocycles. The maximum Gasteiger partial charge on any atom is 0.191 e. The molecule has 1 saturated heterocycles. The molecule has 0 spiro atoms. The average molecular weight is 335 g/mol. The van der Waals surface area contributed by atoms with Gasteiger partial charge in [-0.25, -0.2) is 4.98 Å². The predicted molar refractivity (Wildman–Crippen MR) is 96.6 cm³/mol. The molecule has 2 rings (SSSR count). The Balaban J connectivity index is 1.84. The van der Waals surface area contributed by atoms with E-state index in [1.165, 1.54) is 0 Å². The second-order valence-electron chi connectivity index (χ2n) is 5.49. The smallest absolute Gasteiger partial charge is 0.191 e. The number of aromatic nitrogens is 1. The fourth-order valence-corrected chi connectivity index (χ4v) is 2.55. The van der Waals surface area contributed by atoms with Gasteiger partial charge in [0, 0.05) is 58.2 Å². The highest BCUT2D eigenvalue weighted by molar-refractivity contribution is 5.79. The first-order chi connectivity index (χ1) is 11.8. The first kappa shape index (κ1) is 18.5. The zero-order valence-corrected chi connectivity index (χ0v) is 14.8. The summed E-state index contributed by atoms with van der Waals surface area (Å²) in [7, 11) is 1.78. The van der Waals surface area contributed by atoms with Gasteiger partial charge in [-0.2, -0.15) is 0 Å². The number of morpholine rings is 1. The molecule has 0 atom stereocenters. The standard InChI is InChI=1S/C17H29N5O2/c1-3-23-11-5-8-20-17(18-2)21-14-15-6-4-7-19-16(15)22-9-12-24-13-10-22/h4,6-7H,3,5,8-14H2,1-2H3,(H2,18,20,21). The summed E-state index contributed by atoms with van der Waals surface area (Å²) in [4.78, 5) is 11.1. The third-order valence-electron chi connectivity index (χ3n) is 3.81. The van der Waals surface area contributed by atoms with Gasteiger partial charge < -0.3 is 25.0 Å². The van der Waals surface area contributed by atoms with Crippen molar-refractivity contribution in [1.29, 1.82) is 0 Å². The fraction of sp³-hybridized carbons (Fsp3) is 0.647. The van der Waals surface area contributed by atoms with Crippen LogP contribution in [0.1, 0.15) is 18.9 Å². The van der Waals surface area contributed by atoms with Crippen molar-refractivity contribution < 1.29 is 9.47 Å². The fourth-order valence-electron chi connectivity index (χ4n) is 2.55. The Hall–Kier alpha value is -1.86. The summed E-state index contributed by atoms with van der Waals surface area (Å²) in [5, 5.41) is 6.66. The van der Waals surface area contributed by atoms with Crippen LogP contribution in [0.2, 0.25) is 0 Å². The zero-order chi connectivity index (χ0) is 17.0. The van der Waals surface area contributed by atoms with E-state index in [1.54, 1.807) is 7.05 Å². The molecule has 7 heteroatoms. The molecule has 0 radical (unpaired) electrons. The van der Waals surface area contributed by atoms with Gasteiger partial charge in [-0.05, 0) is 19.4 Å². The van der Waals surface area contributed by atoms with Crippen LogP contribution in [0.15, 0.2) is 23.3 Å². The zero-order valence-electron chi connectivity index (χ0n) is 14.8. The molecule has 0 bridgehead atoms. The molecule has 134 valence electrons. The molecule has 2 N–H and O–H groups in total. The summed E-state index contributed by atoms with van der Waals surface area (Å²) in [6, 6.07) is 4.08. The van der Waals surface area contributed by atoms with Crippen molar-refractivity contribution >= 4 is 11.8 Å². The van der Waals surface area contributed by atoms with Gasteiger partial charge in [-0.15, -0.1) is 0 Å². The number of rotatable bonds is 8. The van der Waals surface area contributed by atoms with E-state index in [0.717, 1.165) is 69.8 Å². The summed E-state index contributed by atoms with van der Waals surface area (Å²) >= 11 is 0. The van der Waals surface area contributed by atoms with Gasteiger partial charge in [0.1, 0.15) is 5.82 Å². The lowest BCUT2D eigenvalue weighted by atomic mass is 10.2. The van der Waals surface area contributed by atoms with Gasteiger partial charge in [-0.3, -0.25) is 4.99 Å². The first-order valence-electron chi connectivity index (χ1n) is 8.64. The summed E-state index contributed by atoms with van der Waals surface area (Å²) < 4.78 is 10.8. The molecule has 0 aliphatic carbocycles. The Morgan fingerprint density at radius 1 is 1.38 bits per heavy atom. The van der Waals surface area contributed by atoms with Gasteiger partial charge in [0.2, 0.25) is 0 Å². The second-order valence-corrected chi connectivity index (χ2v) is 5.49. The molecule has 1 fully saturated rings. The molecule has 7 nitrogen and oxygen atoms in total. The number of hydrogen-bond acceptors (Lipinski definition) is 5. The van der Waals surface area contributed by atoms with E-state index in [1.807, 2.05) is 19.2 Å². The van der Waals surface area contributed by atoms with Gasteiger partial charge >= 0.3 is 0 Å². The number of pyridine rings is 1. The Morgan fingerprint density at radius 3 is 2.96 bits per heavy atom. The summed E-state index contributed by atoms with van der Waals surface area (Å²) in [5.41, 5.74) is 1.16. The maximum atomic E-state index is 5.42. The SMILES string of the molecule is CCOCCCNC(=NC)NCc1cccnc1N1CCOCC1. The molecule has 24 heavy (non-hydrogen) atoms. The lowest BCUT2D eigenvalue weighted by Crippen LogP contribution is -2.39. The van der Waals surface area contributed by atoms with Crippen LogP contribution in [0.3, 0.4) is 0 Å². The number of nitrogens with one attached hydrogen (secondary N) is 2. The Bertz CT molecular complexity index is 504. The van der Waals surface area contributed by atoms with E-state index < -0.39 is 0 Å². The van der Waals surface area contributed by atoms with Crippen LogP contribution in [0.4, 0.5) is 5.82 Å². The number of aliphatic imine (C=N–C) groups is 1. The van der Waals surface area contributed by atoms with Gasteiger partial charge in [0.05, 0.1) is 13.2 Å². The number of guanidine groups is 1. The Kier molecular flexibility index (Phi) is 8.34. The molecule has 1 aromatic rings. The molecular formula is C17H29N5O2. The first-order valence-corrected chi connectivity index (χ1v) is 8.64. The minimum absolute atomic E-state index is 0.686. The summed E-state index contributed by atoms with van der Waals surface area (Å²) in [5.74, 6) is 1.82.